The number of hydrogen-bond acceptors (Lipinski definition) is 3. The SMILES string of the molecule is CC1CC(Nc2ccccc2[N+](=O)[O-])C1. The smallest absolute Gasteiger partial charge is 0.292 e. The van der Waals surface area contributed by atoms with Crippen molar-refractivity contribution in [1.82, 2.24) is 0 Å². The molecule has 0 unspecified atom stereocenters. The van der Waals surface area contributed by atoms with Crippen molar-refractivity contribution in [3.05, 3.63) is 34.4 Å². The van der Waals surface area contributed by atoms with Crippen LogP contribution in [-0.2, 0) is 0 Å². The summed E-state index contributed by atoms with van der Waals surface area (Å²) in [7, 11) is 0. The monoisotopic (exact) mass is 206 g/mol. The highest BCUT2D eigenvalue weighted by Gasteiger charge is 2.26. The summed E-state index contributed by atoms with van der Waals surface area (Å²) in [6.07, 6.45) is 2.21. The van der Waals surface area contributed by atoms with Gasteiger partial charge in [0, 0.05) is 12.1 Å². The highest BCUT2D eigenvalue weighted by Crippen LogP contribution is 2.32. The van der Waals surface area contributed by atoms with E-state index in [0.29, 0.717) is 11.7 Å². The maximum atomic E-state index is 10.7. The lowest BCUT2D eigenvalue weighted by molar-refractivity contribution is -0.384. The van der Waals surface area contributed by atoms with Crippen molar-refractivity contribution in [2.75, 3.05) is 5.32 Å². The van der Waals surface area contributed by atoms with Crippen LogP contribution in [0.25, 0.3) is 0 Å². The van der Waals surface area contributed by atoms with Crippen LogP contribution in [-0.4, -0.2) is 11.0 Å². The van der Waals surface area contributed by atoms with E-state index in [9.17, 15) is 10.1 Å². The van der Waals surface area contributed by atoms with Crippen LogP contribution in [0.1, 0.15) is 19.8 Å². The van der Waals surface area contributed by atoms with Gasteiger partial charge in [-0.3, -0.25) is 10.1 Å². The van der Waals surface area contributed by atoms with Gasteiger partial charge in [-0.05, 0) is 24.8 Å². The predicted molar refractivity (Wildman–Crippen MR) is 58.9 cm³/mol. The highest BCUT2D eigenvalue weighted by molar-refractivity contribution is 5.61. The molecule has 0 atom stereocenters. The molecule has 1 N–H and O–H groups in total. The van der Waals surface area contributed by atoms with Crippen LogP contribution in [0.4, 0.5) is 11.4 Å². The molecule has 1 fully saturated rings. The number of hydrogen-bond donors (Lipinski definition) is 1. The second-order valence-electron chi connectivity index (χ2n) is 4.19. The largest absolute Gasteiger partial charge is 0.377 e. The van der Waals surface area contributed by atoms with E-state index in [0.717, 1.165) is 18.8 Å². The maximum absolute atomic E-state index is 10.7. The standard InChI is InChI=1S/C11H14N2O2/c1-8-6-9(7-8)12-10-4-2-3-5-11(10)13(14)15/h2-5,8-9,12H,6-7H2,1H3. The van der Waals surface area contributed by atoms with E-state index in [-0.39, 0.29) is 10.6 Å². The Balaban J connectivity index is 2.10. The second kappa shape index (κ2) is 3.88. The van der Waals surface area contributed by atoms with Gasteiger partial charge in [0.2, 0.25) is 0 Å². The number of benzene rings is 1. The summed E-state index contributed by atoms with van der Waals surface area (Å²) in [6, 6.07) is 7.21. The number of nitro groups is 1. The molecule has 0 saturated heterocycles. The first-order valence-corrected chi connectivity index (χ1v) is 5.17. The lowest BCUT2D eigenvalue weighted by Crippen LogP contribution is -2.33. The van der Waals surface area contributed by atoms with E-state index in [1.807, 2.05) is 6.07 Å². The molecule has 2 rings (SSSR count). The molecule has 4 heteroatoms. The van der Waals surface area contributed by atoms with E-state index >= 15 is 0 Å². The number of anilines is 1. The average molecular weight is 206 g/mol. The minimum atomic E-state index is -0.343. The zero-order valence-corrected chi connectivity index (χ0v) is 8.64. The summed E-state index contributed by atoms with van der Waals surface area (Å²) in [6.45, 7) is 2.19. The molecule has 0 aliphatic heterocycles. The Kier molecular flexibility index (Phi) is 2.58. The van der Waals surface area contributed by atoms with Gasteiger partial charge < -0.3 is 5.32 Å². The molecule has 0 bridgehead atoms. The van der Waals surface area contributed by atoms with Crippen LogP contribution >= 0.6 is 0 Å². The zero-order valence-electron chi connectivity index (χ0n) is 8.64. The number of nitrogens with one attached hydrogen (secondary N) is 1. The molecule has 4 nitrogen and oxygen atoms in total. The zero-order chi connectivity index (χ0) is 10.8. The van der Waals surface area contributed by atoms with Gasteiger partial charge in [-0.1, -0.05) is 19.1 Å². The van der Waals surface area contributed by atoms with Crippen LogP contribution in [0.2, 0.25) is 0 Å². The van der Waals surface area contributed by atoms with E-state index in [1.165, 1.54) is 6.07 Å². The molecule has 0 radical (unpaired) electrons. The van der Waals surface area contributed by atoms with Gasteiger partial charge in [-0.2, -0.15) is 0 Å². The molecular weight excluding hydrogens is 192 g/mol. The van der Waals surface area contributed by atoms with Crippen LogP contribution in [0.3, 0.4) is 0 Å². The van der Waals surface area contributed by atoms with Crippen molar-refractivity contribution in [3.8, 4) is 0 Å². The first kappa shape index (κ1) is 9.96. The topological polar surface area (TPSA) is 55.2 Å². The van der Waals surface area contributed by atoms with E-state index < -0.39 is 0 Å². The molecule has 0 spiro atoms. The first-order chi connectivity index (χ1) is 7.16. The van der Waals surface area contributed by atoms with Gasteiger partial charge in [0.05, 0.1) is 4.92 Å². The van der Waals surface area contributed by atoms with Crippen LogP contribution < -0.4 is 5.32 Å². The van der Waals surface area contributed by atoms with Crippen molar-refractivity contribution in [2.24, 2.45) is 5.92 Å². The summed E-state index contributed by atoms with van der Waals surface area (Å²) < 4.78 is 0. The molecule has 1 aromatic carbocycles. The summed E-state index contributed by atoms with van der Waals surface area (Å²) in [5.74, 6) is 0.741. The first-order valence-electron chi connectivity index (χ1n) is 5.17. The molecule has 1 aliphatic rings. The van der Waals surface area contributed by atoms with Crippen molar-refractivity contribution >= 4 is 11.4 Å². The Labute approximate surface area is 88.5 Å². The van der Waals surface area contributed by atoms with Crippen molar-refractivity contribution in [3.63, 3.8) is 0 Å². The average Bonchev–Trinajstić information content (AvgIpc) is 2.16. The maximum Gasteiger partial charge on any atom is 0.292 e. The molecule has 0 aromatic heterocycles. The number of rotatable bonds is 3. The molecule has 1 aliphatic carbocycles. The molecule has 0 amide bonds. The predicted octanol–water partition coefficient (Wildman–Crippen LogP) is 2.81. The third kappa shape index (κ3) is 2.09. The molecule has 80 valence electrons. The third-order valence-electron chi connectivity index (χ3n) is 2.83. The van der Waals surface area contributed by atoms with Crippen LogP contribution in [0.5, 0.6) is 0 Å². The highest BCUT2D eigenvalue weighted by atomic mass is 16.6. The molecule has 15 heavy (non-hydrogen) atoms. The Morgan fingerprint density at radius 3 is 2.67 bits per heavy atom. The molecule has 1 aromatic rings. The molecular formula is C11H14N2O2. The van der Waals surface area contributed by atoms with Crippen LogP contribution in [0, 0.1) is 16.0 Å². The third-order valence-corrected chi connectivity index (χ3v) is 2.83. The van der Waals surface area contributed by atoms with Gasteiger partial charge >= 0.3 is 0 Å². The van der Waals surface area contributed by atoms with Crippen molar-refractivity contribution in [2.45, 2.75) is 25.8 Å². The summed E-state index contributed by atoms with van der Waals surface area (Å²) in [4.78, 5) is 10.4. The second-order valence-corrected chi connectivity index (χ2v) is 4.19. The van der Waals surface area contributed by atoms with Crippen LogP contribution in [0.15, 0.2) is 24.3 Å². The van der Waals surface area contributed by atoms with Gasteiger partial charge in [0.25, 0.3) is 5.69 Å². The summed E-state index contributed by atoms with van der Waals surface area (Å²) in [5, 5.41) is 14.0. The number of para-hydroxylation sites is 2. The number of nitrogens with zero attached hydrogens (tertiary/aromatic N) is 1. The summed E-state index contributed by atoms with van der Waals surface area (Å²) in [5.41, 5.74) is 0.802. The molecule has 1 saturated carbocycles. The quantitative estimate of drug-likeness (QED) is 0.611. The Morgan fingerprint density at radius 2 is 2.07 bits per heavy atom. The van der Waals surface area contributed by atoms with E-state index in [2.05, 4.69) is 12.2 Å². The fraction of sp³-hybridized carbons (Fsp3) is 0.455. The van der Waals surface area contributed by atoms with E-state index in [4.69, 9.17) is 0 Å². The van der Waals surface area contributed by atoms with Gasteiger partial charge in [-0.15, -0.1) is 0 Å². The van der Waals surface area contributed by atoms with Gasteiger partial charge in [0.1, 0.15) is 5.69 Å². The Morgan fingerprint density at radius 1 is 1.40 bits per heavy atom. The van der Waals surface area contributed by atoms with Gasteiger partial charge in [0.15, 0.2) is 0 Å². The fourth-order valence-electron chi connectivity index (χ4n) is 2.00. The van der Waals surface area contributed by atoms with Crippen molar-refractivity contribution in [1.29, 1.82) is 0 Å². The Bertz CT molecular complexity index is 373. The van der Waals surface area contributed by atoms with Gasteiger partial charge in [-0.25, -0.2) is 0 Å². The number of nitro benzene ring substituents is 1. The van der Waals surface area contributed by atoms with E-state index in [1.54, 1.807) is 12.1 Å². The lowest BCUT2D eigenvalue weighted by Gasteiger charge is -2.33. The Hall–Kier alpha value is -1.58. The van der Waals surface area contributed by atoms with Crippen molar-refractivity contribution < 1.29 is 4.92 Å². The summed E-state index contributed by atoms with van der Waals surface area (Å²) >= 11 is 0. The fourth-order valence-corrected chi connectivity index (χ4v) is 2.00. The normalized spacial score (nSPS) is 24.3. The minimum Gasteiger partial charge on any atom is -0.377 e. The minimum absolute atomic E-state index is 0.164. The lowest BCUT2D eigenvalue weighted by atomic mass is 9.82. The molecule has 0 heterocycles.